The molecule has 0 bridgehead atoms. The molecule has 3 heterocycles. The number of fused-ring (bicyclic) bond motifs is 1. The molecule has 4 rings (SSSR count). The van der Waals surface area contributed by atoms with Crippen LogP contribution in [0.15, 0.2) is 36.4 Å². The summed E-state index contributed by atoms with van der Waals surface area (Å²) in [4.78, 5) is 32.3. The number of hydrogen-bond donors (Lipinski definition) is 1. The summed E-state index contributed by atoms with van der Waals surface area (Å²) in [5.41, 5.74) is 0.100. The van der Waals surface area contributed by atoms with E-state index in [0.717, 1.165) is 20.1 Å². The molecule has 26 heavy (non-hydrogen) atoms. The number of amides is 1. The zero-order valence-electron chi connectivity index (χ0n) is 14.3. The van der Waals surface area contributed by atoms with E-state index in [1.807, 2.05) is 36.4 Å². The number of para-hydroxylation sites is 1. The minimum absolute atomic E-state index is 0.0884. The molecule has 1 fully saturated rings. The second-order valence-electron chi connectivity index (χ2n) is 6.85. The van der Waals surface area contributed by atoms with Crippen molar-refractivity contribution in [2.45, 2.75) is 19.8 Å². The van der Waals surface area contributed by atoms with Gasteiger partial charge in [-0.25, -0.2) is 4.98 Å². The van der Waals surface area contributed by atoms with Crippen LogP contribution in [0, 0.1) is 5.41 Å². The average Bonchev–Trinajstić information content (AvgIpc) is 3.27. The number of aromatic nitrogens is 1. The van der Waals surface area contributed by atoms with Crippen LogP contribution in [0.5, 0.6) is 0 Å². The minimum Gasteiger partial charge on any atom is -0.481 e. The number of carboxylic acids is 1. The summed E-state index contributed by atoms with van der Waals surface area (Å²) in [6, 6.07) is 11.7. The zero-order valence-corrected chi connectivity index (χ0v) is 15.9. The third-order valence-corrected chi connectivity index (χ3v) is 7.10. The fraction of sp³-hybridized carbons (Fsp3) is 0.316. The van der Waals surface area contributed by atoms with Crippen molar-refractivity contribution in [2.75, 3.05) is 13.1 Å². The summed E-state index contributed by atoms with van der Waals surface area (Å²) in [6.45, 7) is 2.58. The third kappa shape index (κ3) is 3.01. The van der Waals surface area contributed by atoms with Crippen molar-refractivity contribution in [1.29, 1.82) is 0 Å². The van der Waals surface area contributed by atoms with Gasteiger partial charge in [0.25, 0.3) is 5.91 Å². The van der Waals surface area contributed by atoms with Crippen molar-refractivity contribution in [1.82, 2.24) is 9.88 Å². The molecule has 1 N–H and O–H groups in total. The highest BCUT2D eigenvalue weighted by Crippen LogP contribution is 2.36. The predicted molar refractivity (Wildman–Crippen MR) is 104 cm³/mol. The number of carbonyl (C=O) groups excluding carboxylic acids is 1. The van der Waals surface area contributed by atoms with E-state index in [9.17, 15) is 14.7 Å². The molecule has 134 valence electrons. The molecule has 0 radical (unpaired) electrons. The van der Waals surface area contributed by atoms with Gasteiger partial charge in [-0.05, 0) is 44.0 Å². The summed E-state index contributed by atoms with van der Waals surface area (Å²) in [7, 11) is 0. The van der Waals surface area contributed by atoms with Gasteiger partial charge in [0.15, 0.2) is 0 Å². The molecule has 1 aliphatic rings. The Morgan fingerprint density at radius 2 is 2.00 bits per heavy atom. The summed E-state index contributed by atoms with van der Waals surface area (Å²) in [6.07, 6.45) is 1.32. The zero-order chi connectivity index (χ0) is 18.3. The number of carbonyl (C=O) groups is 2. The molecule has 3 aromatic rings. The summed E-state index contributed by atoms with van der Waals surface area (Å²) in [5.74, 6) is -0.925. The molecule has 0 aliphatic carbocycles. The van der Waals surface area contributed by atoms with E-state index in [0.29, 0.717) is 24.3 Å². The molecule has 1 aromatic carbocycles. The number of benzene rings is 1. The summed E-state index contributed by atoms with van der Waals surface area (Å²) >= 11 is 3.03. The number of likely N-dealkylation sites (tertiary alicyclic amines) is 1. The topological polar surface area (TPSA) is 70.5 Å². The average molecular weight is 386 g/mol. The van der Waals surface area contributed by atoms with Gasteiger partial charge in [0.1, 0.15) is 5.01 Å². The van der Waals surface area contributed by atoms with Crippen LogP contribution in [-0.4, -0.2) is 40.0 Å². The summed E-state index contributed by atoms with van der Waals surface area (Å²) < 4.78 is 1.12. The first-order valence-corrected chi connectivity index (χ1v) is 10.1. The lowest BCUT2D eigenvalue weighted by Crippen LogP contribution is -2.48. The van der Waals surface area contributed by atoms with Crippen LogP contribution in [-0.2, 0) is 4.79 Å². The molecule has 1 amide bonds. The van der Waals surface area contributed by atoms with Gasteiger partial charge in [0, 0.05) is 13.1 Å². The molecular weight excluding hydrogens is 368 g/mol. The lowest BCUT2D eigenvalue weighted by Gasteiger charge is -2.37. The Bertz CT molecular complexity index is 961. The van der Waals surface area contributed by atoms with Crippen LogP contribution in [0.4, 0.5) is 0 Å². The first-order chi connectivity index (χ1) is 12.5. The molecule has 1 atom stereocenters. The number of carboxylic acid groups (broad SMARTS) is 1. The molecule has 1 saturated heterocycles. The lowest BCUT2D eigenvalue weighted by molar-refractivity contribution is -0.150. The number of aliphatic carboxylic acids is 1. The fourth-order valence-electron chi connectivity index (χ4n) is 3.29. The van der Waals surface area contributed by atoms with Crippen LogP contribution in [0.2, 0.25) is 0 Å². The number of thiazole rings is 1. The Morgan fingerprint density at radius 3 is 2.77 bits per heavy atom. The number of rotatable bonds is 3. The maximum absolute atomic E-state index is 12.9. The monoisotopic (exact) mass is 386 g/mol. The lowest BCUT2D eigenvalue weighted by atomic mass is 9.82. The molecule has 2 aromatic heterocycles. The standard InChI is InChI=1S/C19H18N2O3S2/c1-19(18(23)24)9-4-10-21(11-19)17(22)15-8-7-14(25-15)16-20-12-5-2-3-6-13(12)26-16/h2-3,5-8H,4,9-11H2,1H3,(H,23,24). The van der Waals surface area contributed by atoms with Crippen LogP contribution in [0.3, 0.4) is 0 Å². The van der Waals surface area contributed by atoms with Gasteiger partial charge in [-0.3, -0.25) is 9.59 Å². The van der Waals surface area contributed by atoms with Gasteiger partial charge >= 0.3 is 5.97 Å². The van der Waals surface area contributed by atoms with Crippen LogP contribution in [0.1, 0.15) is 29.4 Å². The number of piperidine rings is 1. The Hall–Kier alpha value is -2.25. The number of thiophene rings is 1. The normalized spacial score (nSPS) is 20.4. The van der Waals surface area contributed by atoms with E-state index in [1.54, 1.807) is 23.2 Å². The van der Waals surface area contributed by atoms with Gasteiger partial charge in [0.2, 0.25) is 0 Å². The Balaban J connectivity index is 1.57. The first kappa shape index (κ1) is 17.2. The molecular formula is C19H18N2O3S2. The minimum atomic E-state index is -0.860. The van der Waals surface area contributed by atoms with Crippen molar-refractivity contribution < 1.29 is 14.7 Å². The Kier molecular flexibility index (Phi) is 4.28. The SMILES string of the molecule is CC1(C(=O)O)CCCN(C(=O)c2ccc(-c3nc4ccccc4s3)s2)C1. The maximum atomic E-state index is 12.9. The van der Waals surface area contributed by atoms with Gasteiger partial charge < -0.3 is 10.0 Å². The van der Waals surface area contributed by atoms with Crippen molar-refractivity contribution in [3.63, 3.8) is 0 Å². The number of nitrogens with zero attached hydrogens (tertiary/aromatic N) is 2. The largest absolute Gasteiger partial charge is 0.481 e. The van der Waals surface area contributed by atoms with Gasteiger partial charge in [-0.1, -0.05) is 12.1 Å². The third-order valence-electron chi connectivity index (χ3n) is 4.82. The van der Waals surface area contributed by atoms with Crippen molar-refractivity contribution in [2.24, 2.45) is 5.41 Å². The van der Waals surface area contributed by atoms with E-state index in [1.165, 1.54) is 11.3 Å². The molecule has 1 unspecified atom stereocenters. The Labute approximate surface area is 158 Å². The highest BCUT2D eigenvalue weighted by molar-refractivity contribution is 7.26. The van der Waals surface area contributed by atoms with Crippen LogP contribution < -0.4 is 0 Å². The van der Waals surface area contributed by atoms with Crippen molar-refractivity contribution in [3.05, 3.63) is 41.3 Å². The van der Waals surface area contributed by atoms with E-state index < -0.39 is 11.4 Å². The fourth-order valence-corrected chi connectivity index (χ4v) is 5.28. The molecule has 0 spiro atoms. The molecule has 0 saturated carbocycles. The van der Waals surface area contributed by atoms with Gasteiger partial charge in [-0.15, -0.1) is 22.7 Å². The first-order valence-electron chi connectivity index (χ1n) is 8.45. The highest BCUT2D eigenvalue weighted by Gasteiger charge is 2.39. The second-order valence-corrected chi connectivity index (χ2v) is 8.96. The van der Waals surface area contributed by atoms with Crippen molar-refractivity contribution in [3.8, 4) is 9.88 Å². The quantitative estimate of drug-likeness (QED) is 0.726. The predicted octanol–water partition coefficient (Wildman–Crippen LogP) is 4.35. The smallest absolute Gasteiger partial charge is 0.311 e. The highest BCUT2D eigenvalue weighted by atomic mass is 32.1. The Morgan fingerprint density at radius 1 is 1.19 bits per heavy atom. The maximum Gasteiger partial charge on any atom is 0.311 e. The van der Waals surface area contributed by atoms with Crippen molar-refractivity contribution >= 4 is 44.8 Å². The molecule has 1 aliphatic heterocycles. The van der Waals surface area contributed by atoms with E-state index in [4.69, 9.17) is 0 Å². The number of hydrogen-bond acceptors (Lipinski definition) is 5. The van der Waals surface area contributed by atoms with E-state index in [2.05, 4.69) is 4.98 Å². The molecule has 7 heteroatoms. The summed E-state index contributed by atoms with van der Waals surface area (Å²) in [5, 5.41) is 10.4. The molecule has 5 nitrogen and oxygen atoms in total. The van der Waals surface area contributed by atoms with Gasteiger partial charge in [0.05, 0.1) is 25.4 Å². The van der Waals surface area contributed by atoms with Crippen LogP contribution >= 0.6 is 22.7 Å². The van der Waals surface area contributed by atoms with E-state index in [-0.39, 0.29) is 12.5 Å². The van der Waals surface area contributed by atoms with Crippen LogP contribution in [0.25, 0.3) is 20.1 Å². The van der Waals surface area contributed by atoms with E-state index >= 15 is 0 Å². The second kappa shape index (κ2) is 6.48. The van der Waals surface area contributed by atoms with Gasteiger partial charge in [-0.2, -0.15) is 0 Å².